The third kappa shape index (κ3) is 2.76. The lowest BCUT2D eigenvalue weighted by atomic mass is 10.0. The van der Waals surface area contributed by atoms with Gasteiger partial charge in [0.2, 0.25) is 5.91 Å². The van der Waals surface area contributed by atoms with E-state index in [0.29, 0.717) is 32.5 Å². The highest BCUT2D eigenvalue weighted by Gasteiger charge is 2.38. The molecule has 3 rings (SSSR count). The standard InChI is InChI=1S/C14H17N3O4/c18-12(9-15-5-1-2-6-15)16-7-3-11(4-8-16)17-13(19)10-21-14(17)20/h1-2,5-6,11H,3-4,7-10H2. The molecule has 0 radical (unpaired) electrons. The summed E-state index contributed by atoms with van der Waals surface area (Å²) in [5, 5.41) is 0. The van der Waals surface area contributed by atoms with Crippen molar-refractivity contribution >= 4 is 17.9 Å². The molecule has 0 aliphatic carbocycles. The molecule has 1 aromatic rings. The molecule has 0 saturated carbocycles. The Morgan fingerprint density at radius 3 is 2.43 bits per heavy atom. The summed E-state index contributed by atoms with van der Waals surface area (Å²) in [7, 11) is 0. The number of piperidine rings is 1. The van der Waals surface area contributed by atoms with Crippen molar-refractivity contribution in [3.8, 4) is 0 Å². The zero-order chi connectivity index (χ0) is 14.8. The number of likely N-dealkylation sites (tertiary alicyclic amines) is 1. The first-order valence-electron chi connectivity index (χ1n) is 7.02. The Morgan fingerprint density at radius 2 is 1.86 bits per heavy atom. The van der Waals surface area contributed by atoms with E-state index < -0.39 is 6.09 Å². The summed E-state index contributed by atoms with van der Waals surface area (Å²) < 4.78 is 6.56. The van der Waals surface area contributed by atoms with Gasteiger partial charge in [-0.05, 0) is 25.0 Å². The SMILES string of the molecule is O=C(Cn1cccc1)N1CCC(N2C(=O)COC2=O)CC1. The maximum atomic E-state index is 12.2. The van der Waals surface area contributed by atoms with Crippen LogP contribution in [0.2, 0.25) is 0 Å². The molecule has 0 unspecified atom stereocenters. The van der Waals surface area contributed by atoms with Crippen LogP contribution in [-0.4, -0.2) is 58.0 Å². The lowest BCUT2D eigenvalue weighted by Gasteiger charge is -2.34. The van der Waals surface area contributed by atoms with E-state index in [4.69, 9.17) is 4.74 Å². The molecule has 7 nitrogen and oxygen atoms in total. The Balaban J connectivity index is 1.54. The van der Waals surface area contributed by atoms with E-state index >= 15 is 0 Å². The van der Waals surface area contributed by atoms with E-state index in [9.17, 15) is 14.4 Å². The van der Waals surface area contributed by atoms with Crippen LogP contribution >= 0.6 is 0 Å². The normalized spacial score (nSPS) is 20.0. The van der Waals surface area contributed by atoms with Gasteiger partial charge in [0.05, 0.1) is 0 Å². The minimum absolute atomic E-state index is 0.0555. The summed E-state index contributed by atoms with van der Waals surface area (Å²) in [5.74, 6) is -0.225. The van der Waals surface area contributed by atoms with Gasteiger partial charge in [0, 0.05) is 31.5 Å². The Morgan fingerprint density at radius 1 is 1.19 bits per heavy atom. The molecule has 21 heavy (non-hydrogen) atoms. The molecule has 2 fully saturated rings. The summed E-state index contributed by atoms with van der Waals surface area (Å²) in [6.07, 6.45) is 4.36. The zero-order valence-electron chi connectivity index (χ0n) is 11.6. The number of aromatic nitrogens is 1. The first-order valence-corrected chi connectivity index (χ1v) is 7.02. The van der Waals surface area contributed by atoms with Gasteiger partial charge in [-0.15, -0.1) is 0 Å². The Hall–Kier alpha value is -2.31. The molecule has 2 aliphatic heterocycles. The average Bonchev–Trinajstić information content (AvgIpc) is 3.09. The second-order valence-electron chi connectivity index (χ2n) is 5.29. The van der Waals surface area contributed by atoms with Gasteiger partial charge < -0.3 is 14.2 Å². The van der Waals surface area contributed by atoms with Gasteiger partial charge >= 0.3 is 6.09 Å². The molecule has 0 aromatic carbocycles. The number of ether oxygens (including phenoxy) is 1. The van der Waals surface area contributed by atoms with Crippen LogP contribution in [0, 0.1) is 0 Å². The molecule has 3 heterocycles. The highest BCUT2D eigenvalue weighted by Crippen LogP contribution is 2.21. The van der Waals surface area contributed by atoms with Gasteiger partial charge in [0.25, 0.3) is 5.91 Å². The largest absolute Gasteiger partial charge is 0.439 e. The van der Waals surface area contributed by atoms with Crippen LogP contribution in [0.1, 0.15) is 12.8 Å². The molecule has 7 heteroatoms. The molecule has 2 saturated heterocycles. The number of imide groups is 1. The van der Waals surface area contributed by atoms with Gasteiger partial charge in [-0.3, -0.25) is 9.59 Å². The molecule has 1 aromatic heterocycles. The number of rotatable bonds is 3. The van der Waals surface area contributed by atoms with Crippen LogP contribution in [0.15, 0.2) is 24.5 Å². The van der Waals surface area contributed by atoms with E-state index in [1.54, 1.807) is 4.90 Å². The summed E-state index contributed by atoms with van der Waals surface area (Å²) in [6.45, 7) is 1.28. The smallest absolute Gasteiger partial charge is 0.417 e. The number of nitrogens with zero attached hydrogens (tertiary/aromatic N) is 3. The first kappa shape index (κ1) is 13.7. The van der Waals surface area contributed by atoms with Crippen LogP contribution < -0.4 is 0 Å². The fourth-order valence-corrected chi connectivity index (χ4v) is 2.82. The Kier molecular flexibility index (Phi) is 3.64. The molecule has 0 spiro atoms. The Bertz CT molecular complexity index is 531. The third-order valence-corrected chi connectivity index (χ3v) is 3.95. The summed E-state index contributed by atoms with van der Waals surface area (Å²) >= 11 is 0. The maximum Gasteiger partial charge on any atom is 0.417 e. The van der Waals surface area contributed by atoms with Crippen molar-refractivity contribution in [2.45, 2.75) is 25.4 Å². The van der Waals surface area contributed by atoms with Crippen molar-refractivity contribution in [2.75, 3.05) is 19.7 Å². The van der Waals surface area contributed by atoms with E-state index in [-0.39, 0.29) is 24.5 Å². The maximum absolute atomic E-state index is 12.2. The fourth-order valence-electron chi connectivity index (χ4n) is 2.82. The van der Waals surface area contributed by atoms with Crippen LogP contribution in [-0.2, 0) is 20.9 Å². The number of amides is 3. The van der Waals surface area contributed by atoms with Crippen molar-refractivity contribution < 1.29 is 19.1 Å². The van der Waals surface area contributed by atoms with Crippen molar-refractivity contribution in [2.24, 2.45) is 0 Å². The number of hydrogen-bond acceptors (Lipinski definition) is 4. The van der Waals surface area contributed by atoms with Crippen molar-refractivity contribution in [3.05, 3.63) is 24.5 Å². The third-order valence-electron chi connectivity index (χ3n) is 3.95. The van der Waals surface area contributed by atoms with Crippen molar-refractivity contribution in [1.82, 2.24) is 14.4 Å². The van der Waals surface area contributed by atoms with Gasteiger partial charge in [0.15, 0.2) is 6.61 Å². The molecule has 112 valence electrons. The van der Waals surface area contributed by atoms with Crippen LogP contribution in [0.4, 0.5) is 4.79 Å². The summed E-state index contributed by atoms with van der Waals surface area (Å²) in [4.78, 5) is 38.3. The second-order valence-corrected chi connectivity index (χ2v) is 5.29. The van der Waals surface area contributed by atoms with E-state index in [1.165, 1.54) is 4.90 Å². The van der Waals surface area contributed by atoms with E-state index in [2.05, 4.69) is 0 Å². The van der Waals surface area contributed by atoms with E-state index in [1.807, 2.05) is 29.1 Å². The number of cyclic esters (lactones) is 1. The monoisotopic (exact) mass is 291 g/mol. The molecule has 0 atom stereocenters. The minimum atomic E-state index is -0.558. The lowest BCUT2D eigenvalue weighted by molar-refractivity contribution is -0.134. The zero-order valence-corrected chi connectivity index (χ0v) is 11.6. The molecule has 0 N–H and O–H groups in total. The molecular formula is C14H17N3O4. The molecule has 0 bridgehead atoms. The first-order chi connectivity index (χ1) is 10.1. The van der Waals surface area contributed by atoms with Gasteiger partial charge in [-0.1, -0.05) is 0 Å². The van der Waals surface area contributed by atoms with Crippen molar-refractivity contribution in [3.63, 3.8) is 0 Å². The van der Waals surface area contributed by atoms with Gasteiger partial charge in [0.1, 0.15) is 6.54 Å². The Labute approximate surface area is 122 Å². The molecular weight excluding hydrogens is 274 g/mol. The minimum Gasteiger partial charge on any atom is -0.439 e. The quantitative estimate of drug-likeness (QED) is 0.811. The number of hydrogen-bond donors (Lipinski definition) is 0. The van der Waals surface area contributed by atoms with Crippen LogP contribution in [0.25, 0.3) is 0 Å². The van der Waals surface area contributed by atoms with Gasteiger partial charge in [-0.2, -0.15) is 0 Å². The highest BCUT2D eigenvalue weighted by molar-refractivity contribution is 5.98. The van der Waals surface area contributed by atoms with Gasteiger partial charge in [-0.25, -0.2) is 9.69 Å². The summed E-state index contributed by atoms with van der Waals surface area (Å²) in [6, 6.07) is 3.61. The predicted octanol–water partition coefficient (Wildman–Crippen LogP) is 0.458. The second kappa shape index (κ2) is 5.59. The fraction of sp³-hybridized carbons (Fsp3) is 0.500. The predicted molar refractivity (Wildman–Crippen MR) is 72.2 cm³/mol. The average molecular weight is 291 g/mol. The highest BCUT2D eigenvalue weighted by atomic mass is 16.6. The topological polar surface area (TPSA) is 71.8 Å². The van der Waals surface area contributed by atoms with Crippen molar-refractivity contribution in [1.29, 1.82) is 0 Å². The van der Waals surface area contributed by atoms with E-state index in [0.717, 1.165) is 0 Å². The number of carbonyl (C=O) groups is 3. The van der Waals surface area contributed by atoms with Crippen LogP contribution in [0.3, 0.4) is 0 Å². The molecule has 3 amide bonds. The molecule has 2 aliphatic rings. The number of carbonyl (C=O) groups excluding carboxylic acids is 3. The van der Waals surface area contributed by atoms with Crippen LogP contribution in [0.5, 0.6) is 0 Å². The summed E-state index contributed by atoms with van der Waals surface area (Å²) in [5.41, 5.74) is 0. The lowest BCUT2D eigenvalue weighted by Crippen LogP contribution is -2.49.